The molecule has 0 aromatic heterocycles. The first kappa shape index (κ1) is 20.4. The van der Waals surface area contributed by atoms with E-state index in [0.29, 0.717) is 11.3 Å². The van der Waals surface area contributed by atoms with Crippen molar-refractivity contribution in [1.82, 2.24) is 4.90 Å². The summed E-state index contributed by atoms with van der Waals surface area (Å²) in [6, 6.07) is 12.2. The summed E-state index contributed by atoms with van der Waals surface area (Å²) in [4.78, 5) is 25.7. The highest BCUT2D eigenvalue weighted by Gasteiger charge is 2.18. The van der Waals surface area contributed by atoms with Crippen LogP contribution in [0.25, 0.3) is 0 Å². The highest BCUT2D eigenvalue weighted by molar-refractivity contribution is 5.89. The number of esters is 1. The zero-order valence-electron chi connectivity index (χ0n) is 15.9. The number of likely N-dealkylation sites (N-methyl/N-ethyl adjacent to an activating group) is 1. The van der Waals surface area contributed by atoms with E-state index in [-0.39, 0.29) is 30.5 Å². The topological polar surface area (TPSA) is 55.8 Å². The maximum absolute atomic E-state index is 13.0. The lowest BCUT2D eigenvalue weighted by molar-refractivity contribution is -0.134. The smallest absolute Gasteiger partial charge is 0.338 e. The molecule has 5 nitrogen and oxygen atoms in total. The van der Waals surface area contributed by atoms with Gasteiger partial charge in [0.2, 0.25) is 0 Å². The predicted octanol–water partition coefficient (Wildman–Crippen LogP) is 3.99. The maximum atomic E-state index is 13.0. The van der Waals surface area contributed by atoms with Gasteiger partial charge in [0.1, 0.15) is 11.6 Å². The Morgan fingerprint density at radius 2 is 1.59 bits per heavy atom. The molecule has 0 aliphatic rings. The highest BCUT2D eigenvalue weighted by atomic mass is 19.1. The second-order valence-electron chi connectivity index (χ2n) is 6.50. The summed E-state index contributed by atoms with van der Waals surface area (Å²) < 4.78 is 23.7. The molecule has 1 atom stereocenters. The Morgan fingerprint density at radius 3 is 2.15 bits per heavy atom. The van der Waals surface area contributed by atoms with Crippen LogP contribution in [-0.4, -0.2) is 36.5 Å². The van der Waals surface area contributed by atoms with Crippen molar-refractivity contribution in [3.63, 3.8) is 0 Å². The van der Waals surface area contributed by atoms with Crippen molar-refractivity contribution in [3.05, 3.63) is 65.5 Å². The molecule has 6 heteroatoms. The standard InChI is InChI=1S/C21H24FNO4/c1-14(2)27-21(25)17-7-11-19(12-8-17)26-13-20(24)23(4)15(3)16-5-9-18(22)10-6-16/h5-12,14-15H,13H2,1-4H3. The molecule has 1 amide bonds. The second kappa shape index (κ2) is 9.16. The Bertz CT molecular complexity index is 772. The van der Waals surface area contributed by atoms with Gasteiger partial charge in [-0.3, -0.25) is 4.79 Å². The normalized spacial score (nSPS) is 11.8. The molecular formula is C21H24FNO4. The third kappa shape index (κ3) is 5.81. The fourth-order valence-corrected chi connectivity index (χ4v) is 2.40. The number of hydrogen-bond donors (Lipinski definition) is 0. The summed E-state index contributed by atoms with van der Waals surface area (Å²) >= 11 is 0. The van der Waals surface area contributed by atoms with E-state index in [4.69, 9.17) is 9.47 Å². The Labute approximate surface area is 158 Å². The van der Waals surface area contributed by atoms with Crippen LogP contribution in [0, 0.1) is 5.82 Å². The molecule has 0 N–H and O–H groups in total. The average Bonchev–Trinajstić information content (AvgIpc) is 2.65. The Balaban J connectivity index is 1.90. The minimum absolute atomic E-state index is 0.141. The molecule has 2 aromatic carbocycles. The summed E-state index contributed by atoms with van der Waals surface area (Å²) in [6.07, 6.45) is -0.190. The van der Waals surface area contributed by atoms with E-state index in [9.17, 15) is 14.0 Å². The number of carbonyl (C=O) groups excluding carboxylic acids is 2. The van der Waals surface area contributed by atoms with Crippen molar-refractivity contribution in [1.29, 1.82) is 0 Å². The molecule has 2 aromatic rings. The molecule has 0 aliphatic heterocycles. The lowest BCUT2D eigenvalue weighted by atomic mass is 10.1. The minimum atomic E-state index is -0.402. The monoisotopic (exact) mass is 373 g/mol. The van der Waals surface area contributed by atoms with Crippen molar-refractivity contribution < 1.29 is 23.5 Å². The van der Waals surface area contributed by atoms with Crippen LogP contribution < -0.4 is 4.74 Å². The number of hydrogen-bond acceptors (Lipinski definition) is 4. The highest BCUT2D eigenvalue weighted by Crippen LogP contribution is 2.20. The lowest BCUT2D eigenvalue weighted by Gasteiger charge is -2.25. The SMILES string of the molecule is CC(C)OC(=O)c1ccc(OCC(=O)N(C)C(C)c2ccc(F)cc2)cc1. The first-order valence-corrected chi connectivity index (χ1v) is 8.73. The average molecular weight is 373 g/mol. The largest absolute Gasteiger partial charge is 0.484 e. The van der Waals surface area contributed by atoms with Gasteiger partial charge in [-0.1, -0.05) is 12.1 Å². The Hall–Kier alpha value is -2.89. The minimum Gasteiger partial charge on any atom is -0.484 e. The number of rotatable bonds is 7. The van der Waals surface area contributed by atoms with Gasteiger partial charge in [0.15, 0.2) is 6.61 Å². The molecule has 0 saturated heterocycles. The molecule has 0 aliphatic carbocycles. The molecular weight excluding hydrogens is 349 g/mol. The second-order valence-corrected chi connectivity index (χ2v) is 6.50. The van der Waals surface area contributed by atoms with Crippen LogP contribution in [0.3, 0.4) is 0 Å². The van der Waals surface area contributed by atoms with Crippen LogP contribution in [0.15, 0.2) is 48.5 Å². The summed E-state index contributed by atoms with van der Waals surface area (Å²) in [5, 5.41) is 0. The summed E-state index contributed by atoms with van der Waals surface area (Å²) in [5.41, 5.74) is 1.25. The van der Waals surface area contributed by atoms with E-state index >= 15 is 0 Å². The molecule has 27 heavy (non-hydrogen) atoms. The van der Waals surface area contributed by atoms with Gasteiger partial charge < -0.3 is 14.4 Å². The number of nitrogens with zero attached hydrogens (tertiary/aromatic N) is 1. The molecule has 0 saturated carbocycles. The van der Waals surface area contributed by atoms with E-state index in [0.717, 1.165) is 5.56 Å². The summed E-state index contributed by atoms with van der Waals surface area (Å²) in [7, 11) is 1.67. The van der Waals surface area contributed by atoms with Gasteiger partial charge in [-0.15, -0.1) is 0 Å². The summed E-state index contributed by atoms with van der Waals surface area (Å²) in [6.45, 7) is 5.28. The number of amides is 1. The van der Waals surface area contributed by atoms with Crippen molar-refractivity contribution in [2.45, 2.75) is 32.9 Å². The summed E-state index contributed by atoms with van der Waals surface area (Å²) in [5.74, 6) is -0.452. The van der Waals surface area contributed by atoms with Crippen LogP contribution in [0.5, 0.6) is 5.75 Å². The van der Waals surface area contributed by atoms with Crippen LogP contribution in [0.1, 0.15) is 42.7 Å². The van der Waals surface area contributed by atoms with Crippen LogP contribution in [0.2, 0.25) is 0 Å². The zero-order valence-corrected chi connectivity index (χ0v) is 15.9. The Morgan fingerprint density at radius 1 is 1.00 bits per heavy atom. The van der Waals surface area contributed by atoms with Gasteiger partial charge in [-0.2, -0.15) is 0 Å². The molecule has 0 heterocycles. The fraction of sp³-hybridized carbons (Fsp3) is 0.333. The molecule has 0 fully saturated rings. The first-order valence-electron chi connectivity index (χ1n) is 8.73. The van der Waals surface area contributed by atoms with Gasteiger partial charge in [-0.05, 0) is 62.7 Å². The van der Waals surface area contributed by atoms with Gasteiger partial charge in [-0.25, -0.2) is 9.18 Å². The van der Waals surface area contributed by atoms with E-state index in [1.165, 1.54) is 12.1 Å². The lowest BCUT2D eigenvalue weighted by Crippen LogP contribution is -2.33. The number of carbonyl (C=O) groups is 2. The van der Waals surface area contributed by atoms with E-state index in [1.54, 1.807) is 62.2 Å². The van der Waals surface area contributed by atoms with Crippen molar-refractivity contribution in [2.75, 3.05) is 13.7 Å². The third-order valence-electron chi connectivity index (χ3n) is 4.12. The number of halogens is 1. The molecule has 0 bridgehead atoms. The van der Waals surface area contributed by atoms with Crippen LogP contribution in [0.4, 0.5) is 4.39 Å². The number of ether oxygens (including phenoxy) is 2. The van der Waals surface area contributed by atoms with Crippen LogP contribution >= 0.6 is 0 Å². The molecule has 144 valence electrons. The van der Waals surface area contributed by atoms with E-state index in [2.05, 4.69) is 0 Å². The quantitative estimate of drug-likeness (QED) is 0.689. The molecule has 2 rings (SSSR count). The van der Waals surface area contributed by atoms with Gasteiger partial charge in [0.05, 0.1) is 17.7 Å². The molecule has 1 unspecified atom stereocenters. The molecule has 0 radical (unpaired) electrons. The van der Waals surface area contributed by atoms with Gasteiger partial charge in [0.25, 0.3) is 5.91 Å². The van der Waals surface area contributed by atoms with E-state index in [1.807, 2.05) is 6.92 Å². The van der Waals surface area contributed by atoms with Gasteiger partial charge >= 0.3 is 5.97 Å². The molecule has 0 spiro atoms. The predicted molar refractivity (Wildman–Crippen MR) is 100 cm³/mol. The Kier molecular flexibility index (Phi) is 6.93. The van der Waals surface area contributed by atoms with Crippen molar-refractivity contribution >= 4 is 11.9 Å². The number of benzene rings is 2. The zero-order chi connectivity index (χ0) is 20.0. The maximum Gasteiger partial charge on any atom is 0.338 e. The third-order valence-corrected chi connectivity index (χ3v) is 4.12. The van der Waals surface area contributed by atoms with Crippen molar-refractivity contribution in [3.8, 4) is 5.75 Å². The van der Waals surface area contributed by atoms with Crippen molar-refractivity contribution in [2.24, 2.45) is 0 Å². The van der Waals surface area contributed by atoms with Gasteiger partial charge in [0, 0.05) is 7.05 Å². The first-order chi connectivity index (χ1) is 12.8. The van der Waals surface area contributed by atoms with E-state index < -0.39 is 5.97 Å². The fourth-order valence-electron chi connectivity index (χ4n) is 2.40. The van der Waals surface area contributed by atoms with Crippen LogP contribution in [-0.2, 0) is 9.53 Å².